The Morgan fingerprint density at radius 2 is 2.00 bits per heavy atom. The van der Waals surface area contributed by atoms with Crippen molar-refractivity contribution in [2.45, 2.75) is 6.42 Å². The molecular formula is C11H15N3. The molecule has 0 amide bonds. The Hall–Kier alpha value is -1.69. The van der Waals surface area contributed by atoms with Crippen LogP contribution in [0.25, 0.3) is 0 Å². The molecule has 1 rings (SSSR count). The van der Waals surface area contributed by atoms with Gasteiger partial charge in [0.05, 0.1) is 12.5 Å². The summed E-state index contributed by atoms with van der Waals surface area (Å²) in [6.07, 6.45) is 0.560. The maximum absolute atomic E-state index is 8.46. The molecule has 3 nitrogen and oxygen atoms in total. The van der Waals surface area contributed by atoms with E-state index in [2.05, 4.69) is 16.3 Å². The van der Waals surface area contributed by atoms with E-state index in [0.29, 0.717) is 6.42 Å². The van der Waals surface area contributed by atoms with E-state index in [4.69, 9.17) is 5.26 Å². The molecule has 1 aromatic rings. The highest BCUT2D eigenvalue weighted by atomic mass is 15.1. The number of nitrogens with one attached hydrogen (secondary N) is 1. The maximum Gasteiger partial charge on any atom is 0.0640 e. The molecule has 74 valence electrons. The van der Waals surface area contributed by atoms with E-state index in [1.54, 1.807) is 0 Å². The number of hydrogen-bond donors (Lipinski definition) is 1. The molecule has 14 heavy (non-hydrogen) atoms. The molecule has 0 aliphatic rings. The molecule has 0 radical (unpaired) electrons. The fraction of sp³-hybridized carbons (Fsp3) is 0.364. The molecule has 0 aliphatic carbocycles. The topological polar surface area (TPSA) is 39.1 Å². The minimum atomic E-state index is 0.560. The molecule has 0 aliphatic heterocycles. The average Bonchev–Trinajstić information content (AvgIpc) is 2.26. The second kappa shape index (κ2) is 5.13. The Balaban J connectivity index is 2.62. The summed E-state index contributed by atoms with van der Waals surface area (Å²) in [6, 6.07) is 10.3. The normalized spacial score (nSPS) is 9.21. The van der Waals surface area contributed by atoms with Crippen LogP contribution < -0.4 is 10.2 Å². The van der Waals surface area contributed by atoms with E-state index in [-0.39, 0.29) is 0 Å². The van der Waals surface area contributed by atoms with E-state index in [1.165, 1.54) is 0 Å². The summed E-state index contributed by atoms with van der Waals surface area (Å²) < 4.78 is 0. The monoisotopic (exact) mass is 189 g/mol. The van der Waals surface area contributed by atoms with Crippen LogP contribution in [0.5, 0.6) is 0 Å². The Labute approximate surface area is 85.0 Å². The van der Waals surface area contributed by atoms with Gasteiger partial charge in [0.15, 0.2) is 0 Å². The van der Waals surface area contributed by atoms with E-state index >= 15 is 0 Å². The fourth-order valence-electron chi connectivity index (χ4n) is 1.23. The number of nitrogens with zero attached hydrogens (tertiary/aromatic N) is 2. The fourth-order valence-corrected chi connectivity index (χ4v) is 1.23. The van der Waals surface area contributed by atoms with E-state index < -0.39 is 0 Å². The van der Waals surface area contributed by atoms with E-state index in [0.717, 1.165) is 17.9 Å². The number of nitriles is 1. The van der Waals surface area contributed by atoms with Gasteiger partial charge in [0.2, 0.25) is 0 Å². The van der Waals surface area contributed by atoms with Crippen LogP contribution in [0.3, 0.4) is 0 Å². The van der Waals surface area contributed by atoms with Gasteiger partial charge < -0.3 is 10.2 Å². The van der Waals surface area contributed by atoms with Crippen molar-refractivity contribution in [2.24, 2.45) is 0 Å². The first-order valence-electron chi connectivity index (χ1n) is 4.64. The zero-order chi connectivity index (χ0) is 10.4. The highest BCUT2D eigenvalue weighted by Gasteiger charge is 1.99. The molecule has 0 saturated carbocycles. The summed E-state index contributed by atoms with van der Waals surface area (Å²) in [5.41, 5.74) is 2.24. The van der Waals surface area contributed by atoms with Crippen LogP contribution in [0.15, 0.2) is 24.3 Å². The van der Waals surface area contributed by atoms with Crippen LogP contribution in [0.4, 0.5) is 11.4 Å². The van der Waals surface area contributed by atoms with Gasteiger partial charge in [0, 0.05) is 32.0 Å². The molecule has 3 heteroatoms. The second-order valence-electron chi connectivity index (χ2n) is 3.13. The minimum Gasteiger partial charge on any atom is -0.388 e. The lowest BCUT2D eigenvalue weighted by molar-refractivity contribution is 0.905. The highest BCUT2D eigenvalue weighted by molar-refractivity contribution is 5.54. The van der Waals surface area contributed by atoms with Crippen molar-refractivity contribution in [2.75, 3.05) is 30.9 Å². The molecule has 0 spiro atoms. The zero-order valence-corrected chi connectivity index (χ0v) is 8.62. The van der Waals surface area contributed by atoms with Crippen LogP contribution in [0.2, 0.25) is 0 Å². The molecule has 0 saturated heterocycles. The first-order valence-corrected chi connectivity index (χ1v) is 4.64. The van der Waals surface area contributed by atoms with Crippen molar-refractivity contribution in [3.05, 3.63) is 24.3 Å². The molecule has 0 heterocycles. The van der Waals surface area contributed by atoms with Gasteiger partial charge in [-0.3, -0.25) is 0 Å². The molecule has 0 bridgehead atoms. The van der Waals surface area contributed by atoms with E-state index in [9.17, 15) is 0 Å². The molecule has 0 fully saturated rings. The lowest BCUT2D eigenvalue weighted by Crippen LogP contribution is -2.17. The number of hydrogen-bond acceptors (Lipinski definition) is 3. The van der Waals surface area contributed by atoms with Crippen molar-refractivity contribution < 1.29 is 0 Å². The summed E-state index contributed by atoms with van der Waals surface area (Å²) in [6.45, 7) is 0.773. The van der Waals surface area contributed by atoms with Crippen LogP contribution >= 0.6 is 0 Å². The van der Waals surface area contributed by atoms with Gasteiger partial charge in [-0.2, -0.15) is 5.26 Å². The lowest BCUT2D eigenvalue weighted by atomic mass is 10.2. The first kappa shape index (κ1) is 10.4. The molecule has 1 N–H and O–H groups in total. The van der Waals surface area contributed by atoms with Crippen molar-refractivity contribution in [3.63, 3.8) is 0 Å². The van der Waals surface area contributed by atoms with Gasteiger partial charge in [-0.05, 0) is 24.3 Å². The Morgan fingerprint density at radius 3 is 2.50 bits per heavy atom. The minimum absolute atomic E-state index is 0.560. The molecule has 0 atom stereocenters. The third-order valence-electron chi connectivity index (χ3n) is 2.16. The van der Waals surface area contributed by atoms with E-state index in [1.807, 2.05) is 38.4 Å². The molecule has 1 aromatic carbocycles. The van der Waals surface area contributed by atoms with Crippen LogP contribution in [-0.2, 0) is 0 Å². The smallest absolute Gasteiger partial charge is 0.0640 e. The summed E-state index contributed by atoms with van der Waals surface area (Å²) >= 11 is 0. The standard InChI is InChI=1S/C11H15N3/c1-13-10-4-6-11(7-5-10)14(2)9-3-8-12/h4-7,13H,3,9H2,1-2H3. The Morgan fingerprint density at radius 1 is 1.36 bits per heavy atom. The third kappa shape index (κ3) is 2.67. The number of benzene rings is 1. The number of anilines is 2. The third-order valence-corrected chi connectivity index (χ3v) is 2.16. The molecule has 0 unspecified atom stereocenters. The SMILES string of the molecule is CNc1ccc(N(C)CCC#N)cc1. The Bertz CT molecular complexity index is 310. The van der Waals surface area contributed by atoms with Gasteiger partial charge in [0.25, 0.3) is 0 Å². The van der Waals surface area contributed by atoms with Crippen molar-refractivity contribution >= 4 is 11.4 Å². The highest BCUT2D eigenvalue weighted by Crippen LogP contribution is 2.16. The van der Waals surface area contributed by atoms with Crippen molar-refractivity contribution in [1.29, 1.82) is 5.26 Å². The quantitative estimate of drug-likeness (QED) is 0.788. The predicted octanol–water partition coefficient (Wildman–Crippen LogP) is 2.08. The maximum atomic E-state index is 8.46. The zero-order valence-electron chi connectivity index (χ0n) is 8.62. The van der Waals surface area contributed by atoms with Crippen LogP contribution in [0, 0.1) is 11.3 Å². The summed E-state index contributed by atoms with van der Waals surface area (Å²) in [5.74, 6) is 0. The summed E-state index contributed by atoms with van der Waals surface area (Å²) in [4.78, 5) is 2.07. The predicted molar refractivity (Wildman–Crippen MR) is 59.5 cm³/mol. The van der Waals surface area contributed by atoms with Crippen molar-refractivity contribution in [3.8, 4) is 6.07 Å². The summed E-state index contributed by atoms with van der Waals surface area (Å²) in [7, 11) is 3.89. The van der Waals surface area contributed by atoms with Gasteiger partial charge in [0.1, 0.15) is 0 Å². The molecular weight excluding hydrogens is 174 g/mol. The summed E-state index contributed by atoms with van der Waals surface area (Å²) in [5, 5.41) is 11.5. The Kier molecular flexibility index (Phi) is 3.81. The second-order valence-corrected chi connectivity index (χ2v) is 3.13. The van der Waals surface area contributed by atoms with Gasteiger partial charge in [-0.25, -0.2) is 0 Å². The van der Waals surface area contributed by atoms with Crippen molar-refractivity contribution in [1.82, 2.24) is 0 Å². The lowest BCUT2D eigenvalue weighted by Gasteiger charge is -2.17. The molecule has 0 aromatic heterocycles. The largest absolute Gasteiger partial charge is 0.388 e. The van der Waals surface area contributed by atoms with Gasteiger partial charge in [-0.1, -0.05) is 0 Å². The van der Waals surface area contributed by atoms with Gasteiger partial charge >= 0.3 is 0 Å². The van der Waals surface area contributed by atoms with Gasteiger partial charge in [-0.15, -0.1) is 0 Å². The number of rotatable bonds is 4. The van der Waals surface area contributed by atoms with Crippen LogP contribution in [0.1, 0.15) is 6.42 Å². The van der Waals surface area contributed by atoms with Crippen LogP contribution in [-0.4, -0.2) is 20.6 Å². The first-order chi connectivity index (χ1) is 6.77. The average molecular weight is 189 g/mol.